The van der Waals surface area contributed by atoms with Crippen molar-refractivity contribution in [3.05, 3.63) is 29.9 Å². The second kappa shape index (κ2) is 2.70. The highest BCUT2D eigenvalue weighted by Gasteiger charge is 2.30. The first-order valence-electron chi connectivity index (χ1n) is 3.60. The Bertz CT molecular complexity index is 474. The van der Waals surface area contributed by atoms with Crippen LogP contribution in [0, 0.1) is 6.14 Å². The molecule has 0 unspecified atom stereocenters. The molecule has 0 N–H and O–H groups in total. The Kier molecular flexibility index (Phi) is 1.73. The standard InChI is InChI=1S/C8H3F4NO/c9-7-13-5-3-4(8(10,11)12)1-2-6(5)14-7/h1-3H. The maximum atomic E-state index is 12.4. The van der Waals surface area contributed by atoms with Crippen LogP contribution in [0.3, 0.4) is 0 Å². The fraction of sp³-hybridized carbons (Fsp3) is 0.125. The van der Waals surface area contributed by atoms with Gasteiger partial charge in [0, 0.05) is 0 Å². The van der Waals surface area contributed by atoms with E-state index in [1.165, 1.54) is 0 Å². The summed E-state index contributed by atoms with van der Waals surface area (Å²) in [5.74, 6) is 0. The summed E-state index contributed by atoms with van der Waals surface area (Å²) in [6.45, 7) is 0. The highest BCUT2D eigenvalue weighted by Crippen LogP contribution is 2.31. The highest BCUT2D eigenvalue weighted by atomic mass is 19.4. The van der Waals surface area contributed by atoms with Gasteiger partial charge in [-0.15, -0.1) is 4.39 Å². The third kappa shape index (κ3) is 1.43. The van der Waals surface area contributed by atoms with Gasteiger partial charge in [-0.1, -0.05) is 0 Å². The minimum Gasteiger partial charge on any atom is -0.415 e. The van der Waals surface area contributed by atoms with Crippen molar-refractivity contribution in [2.75, 3.05) is 0 Å². The Morgan fingerprint density at radius 3 is 2.57 bits per heavy atom. The van der Waals surface area contributed by atoms with Crippen molar-refractivity contribution in [3.63, 3.8) is 0 Å². The van der Waals surface area contributed by atoms with E-state index in [9.17, 15) is 17.6 Å². The Hall–Kier alpha value is -1.59. The van der Waals surface area contributed by atoms with Crippen LogP contribution in [0.4, 0.5) is 17.6 Å². The minimum atomic E-state index is -4.45. The van der Waals surface area contributed by atoms with Crippen LogP contribution in [-0.2, 0) is 6.18 Å². The highest BCUT2D eigenvalue weighted by molar-refractivity contribution is 5.73. The molecule has 0 aliphatic heterocycles. The zero-order chi connectivity index (χ0) is 10.3. The van der Waals surface area contributed by atoms with Crippen molar-refractivity contribution in [1.82, 2.24) is 4.98 Å². The summed E-state index contributed by atoms with van der Waals surface area (Å²) < 4.78 is 53.3. The number of halogens is 4. The van der Waals surface area contributed by atoms with E-state index in [1.54, 1.807) is 0 Å². The van der Waals surface area contributed by atoms with Crippen molar-refractivity contribution in [3.8, 4) is 0 Å². The first kappa shape index (κ1) is 8.98. The van der Waals surface area contributed by atoms with E-state index in [-0.39, 0.29) is 11.1 Å². The topological polar surface area (TPSA) is 26.0 Å². The van der Waals surface area contributed by atoms with Crippen molar-refractivity contribution in [2.24, 2.45) is 0 Å². The molecule has 0 aliphatic rings. The molecule has 2 rings (SSSR count). The number of alkyl halides is 3. The molecule has 0 amide bonds. The molecule has 0 spiro atoms. The van der Waals surface area contributed by atoms with Gasteiger partial charge in [0.2, 0.25) is 0 Å². The molecule has 14 heavy (non-hydrogen) atoms. The molecule has 6 heteroatoms. The van der Waals surface area contributed by atoms with E-state index in [0.717, 1.165) is 18.2 Å². The average molecular weight is 205 g/mol. The summed E-state index contributed by atoms with van der Waals surface area (Å²) in [5, 5.41) is 0. The van der Waals surface area contributed by atoms with Crippen LogP contribution in [0.5, 0.6) is 0 Å². The summed E-state index contributed by atoms with van der Waals surface area (Å²) in [6.07, 6.45) is -5.59. The van der Waals surface area contributed by atoms with Gasteiger partial charge in [0.25, 0.3) is 0 Å². The number of rotatable bonds is 0. The molecule has 74 valence electrons. The van der Waals surface area contributed by atoms with Crippen LogP contribution >= 0.6 is 0 Å². The van der Waals surface area contributed by atoms with E-state index >= 15 is 0 Å². The first-order chi connectivity index (χ1) is 6.47. The summed E-state index contributed by atoms with van der Waals surface area (Å²) >= 11 is 0. The SMILES string of the molecule is Fc1nc2cc(C(F)(F)F)ccc2o1. The molecular formula is C8H3F4NO. The average Bonchev–Trinajstić information content (AvgIpc) is 2.41. The molecule has 0 fully saturated rings. The van der Waals surface area contributed by atoms with Crippen LogP contribution in [0.1, 0.15) is 5.56 Å². The van der Waals surface area contributed by atoms with Crippen LogP contribution < -0.4 is 0 Å². The maximum Gasteiger partial charge on any atom is 0.416 e. The second-order valence-electron chi connectivity index (χ2n) is 2.65. The predicted molar refractivity (Wildman–Crippen MR) is 39.0 cm³/mol. The lowest BCUT2D eigenvalue weighted by Gasteiger charge is -2.04. The van der Waals surface area contributed by atoms with Crippen molar-refractivity contribution >= 4 is 11.1 Å². The molecule has 0 bridgehead atoms. The lowest BCUT2D eigenvalue weighted by Crippen LogP contribution is -2.03. The third-order valence-corrected chi connectivity index (χ3v) is 1.69. The molecule has 1 aromatic heterocycles. The van der Waals surface area contributed by atoms with E-state index in [1.807, 2.05) is 0 Å². The zero-order valence-electron chi connectivity index (χ0n) is 6.60. The normalized spacial score (nSPS) is 12.3. The van der Waals surface area contributed by atoms with Gasteiger partial charge in [-0.3, -0.25) is 0 Å². The van der Waals surface area contributed by atoms with Crippen LogP contribution in [0.25, 0.3) is 11.1 Å². The van der Waals surface area contributed by atoms with E-state index < -0.39 is 17.9 Å². The van der Waals surface area contributed by atoms with Gasteiger partial charge in [-0.05, 0) is 18.2 Å². The van der Waals surface area contributed by atoms with Gasteiger partial charge in [-0.25, -0.2) is 0 Å². The van der Waals surface area contributed by atoms with E-state index in [4.69, 9.17) is 0 Å². The van der Waals surface area contributed by atoms with Gasteiger partial charge in [0.15, 0.2) is 5.58 Å². The van der Waals surface area contributed by atoms with Gasteiger partial charge in [0.1, 0.15) is 5.52 Å². The number of fused-ring (bicyclic) bond motifs is 1. The number of nitrogens with zero attached hydrogens (tertiary/aromatic N) is 1. The van der Waals surface area contributed by atoms with E-state index in [0.29, 0.717) is 0 Å². The van der Waals surface area contributed by atoms with Crippen LogP contribution in [0.2, 0.25) is 0 Å². The predicted octanol–water partition coefficient (Wildman–Crippen LogP) is 2.99. The quantitative estimate of drug-likeness (QED) is 0.618. The van der Waals surface area contributed by atoms with Gasteiger partial charge in [0.05, 0.1) is 5.56 Å². The number of aromatic nitrogens is 1. The summed E-state index contributed by atoms with van der Waals surface area (Å²) in [6, 6.07) is 2.59. The molecule has 0 saturated heterocycles. The maximum absolute atomic E-state index is 12.4. The number of oxazole rings is 1. The smallest absolute Gasteiger partial charge is 0.415 e. The fourth-order valence-corrected chi connectivity index (χ4v) is 1.08. The largest absolute Gasteiger partial charge is 0.416 e. The number of benzene rings is 1. The third-order valence-electron chi connectivity index (χ3n) is 1.69. The molecule has 0 saturated carbocycles. The molecular weight excluding hydrogens is 202 g/mol. The summed E-state index contributed by atoms with van der Waals surface area (Å²) in [5.41, 5.74) is -1.02. The molecule has 2 aromatic rings. The first-order valence-corrected chi connectivity index (χ1v) is 3.60. The van der Waals surface area contributed by atoms with Crippen molar-refractivity contribution < 1.29 is 22.0 Å². The molecule has 0 aliphatic carbocycles. The molecule has 0 radical (unpaired) electrons. The van der Waals surface area contributed by atoms with Gasteiger partial charge in [-0.2, -0.15) is 18.2 Å². The lowest BCUT2D eigenvalue weighted by molar-refractivity contribution is -0.137. The Labute approximate surface area is 75.2 Å². The van der Waals surface area contributed by atoms with E-state index in [2.05, 4.69) is 9.40 Å². The minimum absolute atomic E-state index is 0.00417. The molecule has 1 heterocycles. The number of hydrogen-bond donors (Lipinski definition) is 0. The molecule has 1 aromatic carbocycles. The lowest BCUT2D eigenvalue weighted by atomic mass is 10.2. The number of hydrogen-bond acceptors (Lipinski definition) is 2. The second-order valence-corrected chi connectivity index (χ2v) is 2.65. The van der Waals surface area contributed by atoms with Crippen molar-refractivity contribution in [1.29, 1.82) is 0 Å². The summed E-state index contributed by atoms with van der Waals surface area (Å²) in [7, 11) is 0. The Balaban J connectivity index is 2.62. The van der Waals surface area contributed by atoms with Gasteiger partial charge < -0.3 is 4.42 Å². The van der Waals surface area contributed by atoms with Crippen molar-refractivity contribution in [2.45, 2.75) is 6.18 Å². The fourth-order valence-electron chi connectivity index (χ4n) is 1.08. The van der Waals surface area contributed by atoms with Gasteiger partial charge >= 0.3 is 12.3 Å². The molecule has 2 nitrogen and oxygen atoms in total. The van der Waals surface area contributed by atoms with Crippen LogP contribution in [-0.4, -0.2) is 4.98 Å². The monoisotopic (exact) mass is 205 g/mol. The molecule has 0 atom stereocenters. The van der Waals surface area contributed by atoms with Crippen LogP contribution in [0.15, 0.2) is 22.6 Å². The Morgan fingerprint density at radius 1 is 1.21 bits per heavy atom. The zero-order valence-corrected chi connectivity index (χ0v) is 6.60. The Morgan fingerprint density at radius 2 is 1.93 bits per heavy atom. The summed E-state index contributed by atoms with van der Waals surface area (Å²) in [4.78, 5) is 3.15.